The van der Waals surface area contributed by atoms with Gasteiger partial charge in [0.05, 0.1) is 23.3 Å². The Morgan fingerprint density at radius 3 is 3.09 bits per heavy atom. The second kappa shape index (κ2) is 9.04. The summed E-state index contributed by atoms with van der Waals surface area (Å²) in [6.07, 6.45) is 7.14. The number of carbonyl (C=O) groups is 1. The van der Waals surface area contributed by atoms with E-state index in [1.54, 1.807) is 6.20 Å². The molecule has 3 aromatic rings. The molecule has 4 heterocycles. The molecule has 1 unspecified atom stereocenters. The average Bonchev–Trinajstić information content (AvgIpc) is 3.47. The minimum atomic E-state index is -0.146. The molecule has 1 amide bonds. The lowest BCUT2D eigenvalue weighted by atomic mass is 10.1. The number of aromatic amines is 1. The van der Waals surface area contributed by atoms with Crippen LogP contribution in [0.3, 0.4) is 0 Å². The van der Waals surface area contributed by atoms with Crippen molar-refractivity contribution in [3.63, 3.8) is 0 Å². The Hall–Kier alpha value is -3.33. The van der Waals surface area contributed by atoms with Crippen LogP contribution in [0.4, 0.5) is 0 Å². The number of aromatic nitrogens is 3. The SMILES string of the molecule is CCCCOc1ccc2c(c1-c1ncnc3c(C(=O)NC4CCCNC4)c[nH]c13)OCO2. The Morgan fingerprint density at radius 1 is 1.31 bits per heavy atom. The number of unbranched alkanes of at least 4 members (excludes halogenated alkanes) is 1. The van der Waals surface area contributed by atoms with Crippen molar-refractivity contribution in [3.05, 3.63) is 30.2 Å². The van der Waals surface area contributed by atoms with Gasteiger partial charge in [0.1, 0.15) is 23.3 Å². The molecule has 9 heteroatoms. The Morgan fingerprint density at radius 2 is 2.25 bits per heavy atom. The number of piperidine rings is 1. The van der Waals surface area contributed by atoms with Crippen LogP contribution < -0.4 is 24.8 Å². The summed E-state index contributed by atoms with van der Waals surface area (Å²) in [5, 5.41) is 6.43. The molecule has 3 N–H and O–H groups in total. The van der Waals surface area contributed by atoms with Crippen LogP contribution in [-0.2, 0) is 0 Å². The van der Waals surface area contributed by atoms with E-state index in [4.69, 9.17) is 14.2 Å². The predicted octanol–water partition coefficient (Wildman–Crippen LogP) is 3.01. The van der Waals surface area contributed by atoms with Crippen molar-refractivity contribution < 1.29 is 19.0 Å². The van der Waals surface area contributed by atoms with Gasteiger partial charge in [-0.1, -0.05) is 13.3 Å². The van der Waals surface area contributed by atoms with Gasteiger partial charge in [-0.2, -0.15) is 0 Å². The molecule has 0 aliphatic carbocycles. The number of hydrogen-bond donors (Lipinski definition) is 3. The fourth-order valence-corrected chi connectivity index (χ4v) is 4.17. The molecule has 9 nitrogen and oxygen atoms in total. The van der Waals surface area contributed by atoms with Crippen molar-refractivity contribution in [2.45, 2.75) is 38.6 Å². The number of hydrogen-bond acceptors (Lipinski definition) is 7. The van der Waals surface area contributed by atoms with Gasteiger partial charge in [-0.3, -0.25) is 4.79 Å². The largest absolute Gasteiger partial charge is 0.493 e. The summed E-state index contributed by atoms with van der Waals surface area (Å²) in [5.41, 5.74) is 3.03. The topological polar surface area (TPSA) is 110 Å². The molecule has 1 saturated heterocycles. The van der Waals surface area contributed by atoms with E-state index in [-0.39, 0.29) is 18.7 Å². The number of nitrogens with zero attached hydrogens (tertiary/aromatic N) is 2. The van der Waals surface area contributed by atoms with E-state index >= 15 is 0 Å². The number of rotatable bonds is 7. The highest BCUT2D eigenvalue weighted by Crippen LogP contribution is 2.47. The molecule has 0 bridgehead atoms. The number of amides is 1. The highest BCUT2D eigenvalue weighted by Gasteiger charge is 2.27. The first kappa shape index (κ1) is 20.6. The molecular weight excluding hydrogens is 410 g/mol. The van der Waals surface area contributed by atoms with E-state index in [2.05, 4.69) is 32.5 Å². The third-order valence-electron chi connectivity index (χ3n) is 5.83. The summed E-state index contributed by atoms with van der Waals surface area (Å²) < 4.78 is 17.4. The van der Waals surface area contributed by atoms with Crippen molar-refractivity contribution in [1.29, 1.82) is 0 Å². The Balaban J connectivity index is 1.53. The Kier molecular flexibility index (Phi) is 5.81. The van der Waals surface area contributed by atoms with Crippen LogP contribution in [0.25, 0.3) is 22.3 Å². The molecule has 0 saturated carbocycles. The molecule has 2 aliphatic heterocycles. The lowest BCUT2D eigenvalue weighted by molar-refractivity contribution is 0.0932. The van der Waals surface area contributed by atoms with Crippen LogP contribution in [0.1, 0.15) is 43.0 Å². The highest BCUT2D eigenvalue weighted by molar-refractivity contribution is 6.08. The minimum absolute atomic E-state index is 0.115. The van der Waals surface area contributed by atoms with Crippen LogP contribution in [0.2, 0.25) is 0 Å². The maximum Gasteiger partial charge on any atom is 0.255 e. The lowest BCUT2D eigenvalue weighted by Crippen LogP contribution is -2.45. The van der Waals surface area contributed by atoms with Gasteiger partial charge in [0.15, 0.2) is 11.5 Å². The van der Waals surface area contributed by atoms with E-state index in [9.17, 15) is 4.79 Å². The number of fused-ring (bicyclic) bond motifs is 2. The summed E-state index contributed by atoms with van der Waals surface area (Å²) in [4.78, 5) is 25.1. The van der Waals surface area contributed by atoms with Crippen molar-refractivity contribution >= 4 is 16.9 Å². The van der Waals surface area contributed by atoms with E-state index < -0.39 is 0 Å². The molecule has 0 spiro atoms. The Labute approximate surface area is 185 Å². The highest BCUT2D eigenvalue weighted by atomic mass is 16.7. The quantitative estimate of drug-likeness (QED) is 0.487. The summed E-state index contributed by atoms with van der Waals surface area (Å²) in [6.45, 7) is 4.62. The average molecular weight is 438 g/mol. The maximum absolute atomic E-state index is 13.0. The van der Waals surface area contributed by atoms with Crippen LogP contribution >= 0.6 is 0 Å². The molecule has 0 radical (unpaired) electrons. The fraction of sp³-hybridized carbons (Fsp3) is 0.435. The molecule has 32 heavy (non-hydrogen) atoms. The van der Waals surface area contributed by atoms with E-state index in [1.807, 2.05) is 12.1 Å². The molecule has 168 valence electrons. The lowest BCUT2D eigenvalue weighted by Gasteiger charge is -2.23. The van der Waals surface area contributed by atoms with E-state index in [0.717, 1.165) is 38.8 Å². The van der Waals surface area contributed by atoms with E-state index in [0.29, 0.717) is 51.7 Å². The number of H-pyrrole nitrogens is 1. The molecular formula is C23H27N5O4. The third-order valence-corrected chi connectivity index (χ3v) is 5.83. The first-order valence-electron chi connectivity index (χ1n) is 11.2. The van der Waals surface area contributed by atoms with E-state index in [1.165, 1.54) is 6.33 Å². The van der Waals surface area contributed by atoms with Crippen LogP contribution in [0.15, 0.2) is 24.7 Å². The molecule has 1 atom stereocenters. The predicted molar refractivity (Wildman–Crippen MR) is 119 cm³/mol. The standard InChI is InChI=1S/C23H27N5O4/c1-2-3-9-30-16-6-7-17-22(32-13-31-17)18(16)20-21-19(26-12-27-20)15(11-25-21)23(29)28-14-5-4-8-24-10-14/h6-7,11-12,14,24-25H,2-5,8-10,13H2,1H3,(H,28,29). The van der Waals surface area contributed by atoms with Crippen LogP contribution in [-0.4, -0.2) is 53.4 Å². The van der Waals surface area contributed by atoms with Gasteiger partial charge in [-0.25, -0.2) is 9.97 Å². The van der Waals surface area contributed by atoms with Gasteiger partial charge in [0.2, 0.25) is 6.79 Å². The first-order valence-corrected chi connectivity index (χ1v) is 11.2. The van der Waals surface area contributed by atoms with Crippen LogP contribution in [0, 0.1) is 0 Å². The zero-order chi connectivity index (χ0) is 21.9. The van der Waals surface area contributed by atoms with Crippen molar-refractivity contribution in [1.82, 2.24) is 25.6 Å². The number of carbonyl (C=O) groups excluding carboxylic acids is 1. The number of nitrogens with one attached hydrogen (secondary N) is 3. The van der Waals surface area contributed by atoms with Gasteiger partial charge in [-0.15, -0.1) is 0 Å². The summed E-state index contributed by atoms with van der Waals surface area (Å²) in [6, 6.07) is 3.83. The third kappa shape index (κ3) is 3.84. The summed E-state index contributed by atoms with van der Waals surface area (Å²) >= 11 is 0. The second-order valence-corrected chi connectivity index (χ2v) is 8.04. The van der Waals surface area contributed by atoms with Gasteiger partial charge in [0, 0.05) is 18.8 Å². The number of benzene rings is 1. The van der Waals surface area contributed by atoms with Gasteiger partial charge in [-0.05, 0) is 37.9 Å². The monoisotopic (exact) mass is 437 g/mol. The first-order chi connectivity index (χ1) is 15.8. The molecule has 2 aliphatic rings. The normalized spacial score (nSPS) is 17.5. The molecule has 5 rings (SSSR count). The molecule has 2 aromatic heterocycles. The summed E-state index contributed by atoms with van der Waals surface area (Å²) in [5.74, 6) is 1.75. The minimum Gasteiger partial charge on any atom is -0.493 e. The van der Waals surface area contributed by atoms with Gasteiger partial charge >= 0.3 is 0 Å². The van der Waals surface area contributed by atoms with Crippen molar-refractivity contribution in [3.8, 4) is 28.5 Å². The molecule has 1 aromatic carbocycles. The maximum atomic E-state index is 13.0. The zero-order valence-electron chi connectivity index (χ0n) is 18.1. The smallest absolute Gasteiger partial charge is 0.255 e. The molecule has 1 fully saturated rings. The van der Waals surface area contributed by atoms with Gasteiger partial charge < -0.3 is 29.8 Å². The van der Waals surface area contributed by atoms with Crippen molar-refractivity contribution in [2.75, 3.05) is 26.5 Å². The zero-order valence-corrected chi connectivity index (χ0v) is 18.1. The van der Waals surface area contributed by atoms with Crippen molar-refractivity contribution in [2.24, 2.45) is 0 Å². The number of ether oxygens (including phenoxy) is 3. The van der Waals surface area contributed by atoms with Gasteiger partial charge in [0.25, 0.3) is 5.91 Å². The summed E-state index contributed by atoms with van der Waals surface area (Å²) in [7, 11) is 0. The Bertz CT molecular complexity index is 1120. The van der Waals surface area contributed by atoms with Crippen LogP contribution in [0.5, 0.6) is 17.2 Å². The fourth-order valence-electron chi connectivity index (χ4n) is 4.17. The second-order valence-electron chi connectivity index (χ2n) is 8.04.